The normalized spacial score (nSPS) is 14.5. The lowest BCUT2D eigenvalue weighted by Crippen LogP contribution is -2.25. The van der Waals surface area contributed by atoms with Gasteiger partial charge in [-0.3, -0.25) is 4.79 Å². The van der Waals surface area contributed by atoms with Crippen molar-refractivity contribution in [1.82, 2.24) is 5.32 Å². The van der Waals surface area contributed by atoms with Crippen molar-refractivity contribution in [2.75, 3.05) is 6.54 Å². The van der Waals surface area contributed by atoms with Gasteiger partial charge in [-0.25, -0.2) is 0 Å². The number of rotatable bonds is 5. The Morgan fingerprint density at radius 1 is 1.14 bits per heavy atom. The van der Waals surface area contributed by atoms with Gasteiger partial charge in [-0.2, -0.15) is 0 Å². The van der Waals surface area contributed by atoms with Crippen molar-refractivity contribution < 1.29 is 9.21 Å². The molecule has 1 aliphatic carbocycles. The summed E-state index contributed by atoms with van der Waals surface area (Å²) >= 11 is 0. The summed E-state index contributed by atoms with van der Waals surface area (Å²) in [5, 5.41) is 3.03. The molecule has 3 nitrogen and oxygen atoms in total. The van der Waals surface area contributed by atoms with Crippen molar-refractivity contribution in [3.63, 3.8) is 0 Å². The van der Waals surface area contributed by atoms with Crippen LogP contribution < -0.4 is 5.32 Å². The molecule has 0 saturated carbocycles. The van der Waals surface area contributed by atoms with Gasteiger partial charge in [-0.05, 0) is 50.3 Å². The van der Waals surface area contributed by atoms with Gasteiger partial charge < -0.3 is 9.73 Å². The van der Waals surface area contributed by atoms with Crippen LogP contribution in [0.25, 0.3) is 11.3 Å². The maximum absolute atomic E-state index is 12.4. The van der Waals surface area contributed by atoms with Gasteiger partial charge in [0.15, 0.2) is 0 Å². The summed E-state index contributed by atoms with van der Waals surface area (Å²) in [6.45, 7) is 0.692. The molecule has 0 aliphatic heterocycles. The molecule has 1 aromatic carbocycles. The van der Waals surface area contributed by atoms with Gasteiger partial charge in [0.2, 0.25) is 0 Å². The summed E-state index contributed by atoms with van der Waals surface area (Å²) in [7, 11) is 0. The standard InChI is InChI=1S/C19H21NO2/c21-19(20-13-12-15-7-2-1-3-8-15)17-10-5-4-9-16(17)18-11-6-14-22-18/h4-7,9-11,14H,1-3,8,12-13H2,(H,20,21). The van der Waals surface area contributed by atoms with Crippen LogP contribution in [0.5, 0.6) is 0 Å². The van der Waals surface area contributed by atoms with E-state index < -0.39 is 0 Å². The first-order valence-corrected chi connectivity index (χ1v) is 7.93. The predicted octanol–water partition coefficient (Wildman–Crippen LogP) is 4.57. The van der Waals surface area contributed by atoms with Crippen LogP contribution in [0.4, 0.5) is 0 Å². The van der Waals surface area contributed by atoms with Gasteiger partial charge in [0.1, 0.15) is 5.76 Å². The molecule has 22 heavy (non-hydrogen) atoms. The lowest BCUT2D eigenvalue weighted by molar-refractivity contribution is 0.0954. The second-order valence-electron chi connectivity index (χ2n) is 5.64. The van der Waals surface area contributed by atoms with E-state index in [0.717, 1.165) is 17.7 Å². The van der Waals surface area contributed by atoms with Crippen molar-refractivity contribution in [3.8, 4) is 11.3 Å². The first-order valence-electron chi connectivity index (χ1n) is 7.93. The van der Waals surface area contributed by atoms with Crippen molar-refractivity contribution in [2.45, 2.75) is 32.1 Å². The second kappa shape index (κ2) is 7.12. The molecule has 3 rings (SSSR count). The minimum Gasteiger partial charge on any atom is -0.464 e. The van der Waals surface area contributed by atoms with Gasteiger partial charge in [0.25, 0.3) is 5.91 Å². The molecule has 1 amide bonds. The van der Waals surface area contributed by atoms with E-state index in [1.54, 1.807) is 6.26 Å². The Morgan fingerprint density at radius 3 is 2.82 bits per heavy atom. The second-order valence-corrected chi connectivity index (χ2v) is 5.64. The molecule has 1 aromatic heterocycles. The molecular weight excluding hydrogens is 274 g/mol. The molecule has 0 spiro atoms. The Labute approximate surface area is 131 Å². The van der Waals surface area contributed by atoms with Crippen LogP contribution >= 0.6 is 0 Å². The molecule has 1 heterocycles. The average molecular weight is 295 g/mol. The Balaban J connectivity index is 1.64. The zero-order chi connectivity index (χ0) is 15.2. The van der Waals surface area contributed by atoms with Gasteiger partial charge in [0.05, 0.1) is 11.8 Å². The van der Waals surface area contributed by atoms with Gasteiger partial charge in [0, 0.05) is 12.1 Å². The highest BCUT2D eigenvalue weighted by atomic mass is 16.3. The number of furan rings is 1. The molecule has 2 aromatic rings. The highest BCUT2D eigenvalue weighted by molar-refractivity contribution is 6.00. The topological polar surface area (TPSA) is 42.2 Å². The molecule has 1 N–H and O–H groups in total. The molecule has 0 saturated heterocycles. The SMILES string of the molecule is O=C(NCCC1=CCCCC1)c1ccccc1-c1ccco1. The number of allylic oxidation sites excluding steroid dienone is 1. The van der Waals surface area contributed by atoms with Crippen LogP contribution in [0.15, 0.2) is 58.7 Å². The molecule has 3 heteroatoms. The summed E-state index contributed by atoms with van der Waals surface area (Å²) in [6, 6.07) is 11.3. The molecule has 0 bridgehead atoms. The van der Waals surface area contributed by atoms with E-state index in [2.05, 4.69) is 11.4 Å². The third-order valence-electron chi connectivity index (χ3n) is 4.08. The highest BCUT2D eigenvalue weighted by Crippen LogP contribution is 2.24. The van der Waals surface area contributed by atoms with Crippen LogP contribution in [0, 0.1) is 0 Å². The largest absolute Gasteiger partial charge is 0.464 e. The van der Waals surface area contributed by atoms with Crippen molar-refractivity contribution in [1.29, 1.82) is 0 Å². The number of benzene rings is 1. The number of carbonyl (C=O) groups excluding carboxylic acids is 1. The quantitative estimate of drug-likeness (QED) is 0.821. The molecule has 0 fully saturated rings. The Bertz CT molecular complexity index is 656. The summed E-state index contributed by atoms with van der Waals surface area (Å²) < 4.78 is 5.42. The van der Waals surface area contributed by atoms with Crippen molar-refractivity contribution in [2.24, 2.45) is 0 Å². The van der Waals surface area contributed by atoms with Crippen molar-refractivity contribution in [3.05, 3.63) is 59.9 Å². The molecule has 1 aliphatic rings. The van der Waals surface area contributed by atoms with E-state index in [-0.39, 0.29) is 5.91 Å². The fourth-order valence-corrected chi connectivity index (χ4v) is 2.89. The van der Waals surface area contributed by atoms with E-state index in [4.69, 9.17) is 4.42 Å². The van der Waals surface area contributed by atoms with Crippen molar-refractivity contribution >= 4 is 5.91 Å². The molecular formula is C19H21NO2. The van der Waals surface area contributed by atoms with Crippen LogP contribution in [0.3, 0.4) is 0 Å². The predicted molar refractivity (Wildman–Crippen MR) is 87.6 cm³/mol. The summed E-state index contributed by atoms with van der Waals surface area (Å²) in [5.41, 5.74) is 2.97. The molecule has 0 radical (unpaired) electrons. The fourth-order valence-electron chi connectivity index (χ4n) is 2.89. The van der Waals surface area contributed by atoms with Gasteiger partial charge in [-0.15, -0.1) is 0 Å². The minimum atomic E-state index is -0.0385. The Morgan fingerprint density at radius 2 is 2.05 bits per heavy atom. The lowest BCUT2D eigenvalue weighted by atomic mass is 9.97. The third kappa shape index (κ3) is 3.48. The molecule has 114 valence electrons. The zero-order valence-electron chi connectivity index (χ0n) is 12.7. The minimum absolute atomic E-state index is 0.0385. The average Bonchev–Trinajstić information content (AvgIpc) is 3.10. The number of carbonyl (C=O) groups is 1. The van der Waals surface area contributed by atoms with Crippen LogP contribution in [-0.2, 0) is 0 Å². The summed E-state index contributed by atoms with van der Waals surface area (Å²) in [5.74, 6) is 0.684. The van der Waals surface area contributed by atoms with E-state index in [1.165, 1.54) is 31.3 Å². The maximum atomic E-state index is 12.4. The van der Waals surface area contributed by atoms with E-state index in [9.17, 15) is 4.79 Å². The Hall–Kier alpha value is -2.29. The monoisotopic (exact) mass is 295 g/mol. The first-order chi connectivity index (χ1) is 10.8. The van der Waals surface area contributed by atoms with Crippen LogP contribution in [-0.4, -0.2) is 12.5 Å². The number of nitrogens with one attached hydrogen (secondary N) is 1. The zero-order valence-corrected chi connectivity index (χ0v) is 12.7. The van der Waals surface area contributed by atoms with E-state index in [0.29, 0.717) is 12.1 Å². The number of amides is 1. The highest BCUT2D eigenvalue weighted by Gasteiger charge is 2.13. The van der Waals surface area contributed by atoms with E-state index in [1.807, 2.05) is 36.4 Å². The Kier molecular flexibility index (Phi) is 4.74. The van der Waals surface area contributed by atoms with Crippen LogP contribution in [0.2, 0.25) is 0 Å². The first kappa shape index (κ1) is 14.6. The third-order valence-corrected chi connectivity index (χ3v) is 4.08. The van der Waals surface area contributed by atoms with Gasteiger partial charge in [-0.1, -0.05) is 29.8 Å². The number of hydrogen-bond donors (Lipinski definition) is 1. The van der Waals surface area contributed by atoms with Crippen LogP contribution in [0.1, 0.15) is 42.5 Å². The molecule has 0 atom stereocenters. The van der Waals surface area contributed by atoms with E-state index >= 15 is 0 Å². The smallest absolute Gasteiger partial charge is 0.252 e. The number of hydrogen-bond acceptors (Lipinski definition) is 2. The fraction of sp³-hybridized carbons (Fsp3) is 0.316. The maximum Gasteiger partial charge on any atom is 0.252 e. The molecule has 0 unspecified atom stereocenters. The summed E-state index contributed by atoms with van der Waals surface area (Å²) in [6.07, 6.45) is 9.84. The summed E-state index contributed by atoms with van der Waals surface area (Å²) in [4.78, 5) is 12.4. The van der Waals surface area contributed by atoms with Gasteiger partial charge >= 0.3 is 0 Å². The lowest BCUT2D eigenvalue weighted by Gasteiger charge is -2.13.